The zero-order valence-corrected chi connectivity index (χ0v) is 16.1. The Labute approximate surface area is 168 Å². The van der Waals surface area contributed by atoms with Crippen molar-refractivity contribution < 1.29 is 9.47 Å². The summed E-state index contributed by atoms with van der Waals surface area (Å²) in [5, 5.41) is 7.29. The van der Waals surface area contributed by atoms with Gasteiger partial charge in [-0.25, -0.2) is 0 Å². The van der Waals surface area contributed by atoms with Crippen molar-refractivity contribution in [2.75, 3.05) is 7.11 Å². The molecule has 0 spiro atoms. The highest BCUT2D eigenvalue weighted by Crippen LogP contribution is 2.33. The summed E-state index contributed by atoms with van der Waals surface area (Å²) in [4.78, 5) is 0. The van der Waals surface area contributed by atoms with Crippen molar-refractivity contribution >= 4 is 12.2 Å². The van der Waals surface area contributed by atoms with Crippen LogP contribution in [0, 0.1) is 4.77 Å². The molecule has 0 amide bonds. The molecule has 4 rings (SSSR count). The maximum atomic E-state index is 5.94. The summed E-state index contributed by atoms with van der Waals surface area (Å²) in [6.07, 6.45) is 0. The Morgan fingerprint density at radius 1 is 0.929 bits per heavy atom. The van der Waals surface area contributed by atoms with Crippen molar-refractivity contribution in [3.8, 4) is 28.6 Å². The van der Waals surface area contributed by atoms with Gasteiger partial charge in [-0.3, -0.25) is 9.67 Å². The molecule has 0 radical (unpaired) electrons. The Kier molecular flexibility index (Phi) is 5.21. The number of rotatable bonds is 6. The van der Waals surface area contributed by atoms with Gasteiger partial charge in [0.1, 0.15) is 6.61 Å². The zero-order chi connectivity index (χ0) is 19.3. The number of H-pyrrole nitrogens is 1. The van der Waals surface area contributed by atoms with Gasteiger partial charge in [-0.2, -0.15) is 5.10 Å². The number of nitrogens with zero attached hydrogens (tertiary/aromatic N) is 2. The van der Waals surface area contributed by atoms with Gasteiger partial charge in [0.2, 0.25) is 0 Å². The Bertz CT molecular complexity index is 1120. The van der Waals surface area contributed by atoms with Gasteiger partial charge in [-0.15, -0.1) is 0 Å². The smallest absolute Gasteiger partial charge is 0.200 e. The Hall–Kier alpha value is -3.38. The van der Waals surface area contributed by atoms with Crippen LogP contribution in [0.3, 0.4) is 0 Å². The third kappa shape index (κ3) is 3.68. The highest BCUT2D eigenvalue weighted by Gasteiger charge is 2.14. The first kappa shape index (κ1) is 18.0. The predicted molar refractivity (Wildman–Crippen MR) is 112 cm³/mol. The number of aromatic nitrogens is 3. The molecule has 1 heterocycles. The highest BCUT2D eigenvalue weighted by molar-refractivity contribution is 7.71. The van der Waals surface area contributed by atoms with Crippen molar-refractivity contribution in [1.82, 2.24) is 14.8 Å². The van der Waals surface area contributed by atoms with Crippen molar-refractivity contribution in [1.29, 1.82) is 0 Å². The van der Waals surface area contributed by atoms with Crippen molar-refractivity contribution in [2.45, 2.75) is 6.61 Å². The monoisotopic (exact) mass is 389 g/mol. The lowest BCUT2D eigenvalue weighted by molar-refractivity contribution is 0.284. The van der Waals surface area contributed by atoms with Crippen LogP contribution in [-0.4, -0.2) is 21.9 Å². The van der Waals surface area contributed by atoms with Gasteiger partial charge in [0, 0.05) is 11.3 Å². The molecule has 28 heavy (non-hydrogen) atoms. The van der Waals surface area contributed by atoms with Crippen LogP contribution < -0.4 is 9.47 Å². The number of para-hydroxylation sites is 1. The van der Waals surface area contributed by atoms with E-state index in [1.807, 2.05) is 83.4 Å². The Morgan fingerprint density at radius 3 is 2.36 bits per heavy atom. The van der Waals surface area contributed by atoms with E-state index < -0.39 is 0 Å². The molecular weight excluding hydrogens is 370 g/mol. The standard InChI is InChI=1S/C22H19N3O2S/c1-26-20-14-17(12-13-19(20)27-15-16-8-4-2-5-9-16)21-23-24-22(28)25(21)18-10-6-3-7-11-18/h2-14H,15H2,1H3,(H,24,28). The minimum atomic E-state index is 0.472. The van der Waals surface area contributed by atoms with E-state index in [9.17, 15) is 0 Å². The average molecular weight is 389 g/mol. The SMILES string of the molecule is COc1cc(-c2n[nH]c(=S)n2-c2ccccc2)ccc1OCc1ccccc1. The zero-order valence-electron chi connectivity index (χ0n) is 15.3. The van der Waals surface area contributed by atoms with Crippen molar-refractivity contribution in [3.05, 3.63) is 89.2 Å². The summed E-state index contributed by atoms with van der Waals surface area (Å²) in [7, 11) is 1.63. The van der Waals surface area contributed by atoms with Crippen LogP contribution in [0.4, 0.5) is 0 Å². The van der Waals surface area contributed by atoms with Gasteiger partial charge in [0.15, 0.2) is 22.1 Å². The average Bonchev–Trinajstić information content (AvgIpc) is 3.15. The van der Waals surface area contributed by atoms with E-state index in [1.54, 1.807) is 7.11 Å². The number of aromatic amines is 1. The Morgan fingerprint density at radius 2 is 1.64 bits per heavy atom. The predicted octanol–water partition coefficient (Wildman–Crippen LogP) is 5.18. The Balaban J connectivity index is 1.66. The second-order valence-corrected chi connectivity index (χ2v) is 6.55. The quantitative estimate of drug-likeness (QED) is 0.462. The molecule has 4 aromatic rings. The summed E-state index contributed by atoms with van der Waals surface area (Å²) in [6.45, 7) is 0.472. The number of nitrogens with one attached hydrogen (secondary N) is 1. The van der Waals surface area contributed by atoms with Gasteiger partial charge in [0.05, 0.1) is 7.11 Å². The van der Waals surface area contributed by atoms with Crippen LogP contribution >= 0.6 is 12.2 Å². The summed E-state index contributed by atoms with van der Waals surface area (Å²) < 4.78 is 13.9. The number of hydrogen-bond acceptors (Lipinski definition) is 4. The molecule has 1 N–H and O–H groups in total. The minimum absolute atomic E-state index is 0.472. The second-order valence-electron chi connectivity index (χ2n) is 6.16. The molecule has 0 saturated heterocycles. The normalized spacial score (nSPS) is 10.6. The van der Waals surface area contributed by atoms with Gasteiger partial charge in [-0.05, 0) is 48.1 Å². The van der Waals surface area contributed by atoms with E-state index in [-0.39, 0.29) is 0 Å². The maximum Gasteiger partial charge on any atom is 0.200 e. The first-order valence-electron chi connectivity index (χ1n) is 8.84. The van der Waals surface area contributed by atoms with Crippen molar-refractivity contribution in [3.63, 3.8) is 0 Å². The molecular formula is C22H19N3O2S. The lowest BCUT2D eigenvalue weighted by atomic mass is 10.1. The first-order valence-corrected chi connectivity index (χ1v) is 9.25. The second kappa shape index (κ2) is 8.10. The molecule has 0 bridgehead atoms. The molecule has 3 aromatic carbocycles. The van der Waals surface area contributed by atoms with Crippen LogP contribution in [0.5, 0.6) is 11.5 Å². The topological polar surface area (TPSA) is 52.1 Å². The minimum Gasteiger partial charge on any atom is -0.493 e. The van der Waals surface area contributed by atoms with E-state index in [0.717, 1.165) is 16.8 Å². The largest absolute Gasteiger partial charge is 0.493 e. The number of benzene rings is 3. The van der Waals surface area contributed by atoms with E-state index in [2.05, 4.69) is 10.2 Å². The van der Waals surface area contributed by atoms with Gasteiger partial charge in [0.25, 0.3) is 0 Å². The third-order valence-corrected chi connectivity index (χ3v) is 4.62. The molecule has 0 aliphatic heterocycles. The molecule has 6 heteroatoms. The summed E-state index contributed by atoms with van der Waals surface area (Å²) in [5.41, 5.74) is 2.92. The van der Waals surface area contributed by atoms with E-state index in [0.29, 0.717) is 28.7 Å². The number of methoxy groups -OCH3 is 1. The molecule has 0 fully saturated rings. The lowest BCUT2D eigenvalue weighted by Crippen LogP contribution is -2.00. The van der Waals surface area contributed by atoms with Gasteiger partial charge in [-0.1, -0.05) is 48.5 Å². The molecule has 1 aromatic heterocycles. The van der Waals surface area contributed by atoms with Crippen LogP contribution in [0.15, 0.2) is 78.9 Å². The summed E-state index contributed by atoms with van der Waals surface area (Å²) in [6, 6.07) is 25.7. The molecule has 5 nitrogen and oxygen atoms in total. The van der Waals surface area contributed by atoms with Crippen molar-refractivity contribution in [2.24, 2.45) is 0 Å². The summed E-state index contributed by atoms with van der Waals surface area (Å²) in [5.74, 6) is 2.03. The highest BCUT2D eigenvalue weighted by atomic mass is 32.1. The fourth-order valence-corrected chi connectivity index (χ4v) is 3.21. The molecule has 0 aliphatic rings. The van der Waals surface area contributed by atoms with Crippen LogP contribution in [0.1, 0.15) is 5.56 Å². The fourth-order valence-electron chi connectivity index (χ4n) is 2.97. The van der Waals surface area contributed by atoms with E-state index in [1.165, 1.54) is 0 Å². The lowest BCUT2D eigenvalue weighted by Gasteiger charge is -2.13. The first-order chi connectivity index (χ1) is 13.8. The van der Waals surface area contributed by atoms with Crippen LogP contribution in [0.25, 0.3) is 17.1 Å². The molecule has 0 saturated carbocycles. The maximum absolute atomic E-state index is 5.94. The molecule has 0 unspecified atom stereocenters. The molecule has 140 valence electrons. The molecule has 0 aliphatic carbocycles. The van der Waals surface area contributed by atoms with Crippen LogP contribution in [0.2, 0.25) is 0 Å². The number of ether oxygens (including phenoxy) is 2. The number of hydrogen-bond donors (Lipinski definition) is 1. The van der Waals surface area contributed by atoms with Gasteiger partial charge < -0.3 is 9.47 Å². The van der Waals surface area contributed by atoms with E-state index >= 15 is 0 Å². The third-order valence-electron chi connectivity index (χ3n) is 4.35. The summed E-state index contributed by atoms with van der Waals surface area (Å²) >= 11 is 5.43. The van der Waals surface area contributed by atoms with Gasteiger partial charge >= 0.3 is 0 Å². The molecule has 0 atom stereocenters. The van der Waals surface area contributed by atoms with Crippen LogP contribution in [-0.2, 0) is 6.61 Å². The fraction of sp³-hybridized carbons (Fsp3) is 0.0909. The van der Waals surface area contributed by atoms with E-state index in [4.69, 9.17) is 21.7 Å².